The number of nitrogens with zero attached hydrogens (tertiary/aromatic N) is 2. The lowest BCUT2D eigenvalue weighted by atomic mass is 10.2. The van der Waals surface area contributed by atoms with Crippen molar-refractivity contribution in [2.75, 3.05) is 13.3 Å². The van der Waals surface area contributed by atoms with E-state index in [4.69, 9.17) is 14.2 Å². The van der Waals surface area contributed by atoms with E-state index in [1.165, 1.54) is 0 Å². The predicted molar refractivity (Wildman–Crippen MR) is 77.3 cm³/mol. The smallest absolute Gasteiger partial charge is 0.280 e. The first-order chi connectivity index (χ1) is 10.8. The van der Waals surface area contributed by atoms with Crippen molar-refractivity contribution in [3.63, 3.8) is 0 Å². The van der Waals surface area contributed by atoms with Crippen LogP contribution in [0.25, 0.3) is 0 Å². The third-order valence-electron chi connectivity index (χ3n) is 4.21. The van der Waals surface area contributed by atoms with Gasteiger partial charge in [-0.15, -0.1) is 0 Å². The highest BCUT2D eigenvalue weighted by molar-refractivity contribution is 7.24. The summed E-state index contributed by atoms with van der Waals surface area (Å²) in [6.07, 6.45) is 4.84. The van der Waals surface area contributed by atoms with E-state index in [1.807, 2.05) is 4.90 Å². The molecule has 2 unspecified atom stereocenters. The van der Waals surface area contributed by atoms with E-state index in [1.54, 1.807) is 17.3 Å². The number of hydrogen-bond donors (Lipinski definition) is 4. The second-order valence-corrected chi connectivity index (χ2v) is 5.93. The lowest BCUT2D eigenvalue weighted by Gasteiger charge is -2.35. The molecular weight excluding hydrogens is 309 g/mol. The molecule has 4 atom stereocenters. The highest BCUT2D eigenvalue weighted by atomic mass is 31.1. The summed E-state index contributed by atoms with van der Waals surface area (Å²) < 4.78 is 11.0. The Bertz CT molecular complexity index is 542. The van der Waals surface area contributed by atoms with E-state index in [2.05, 4.69) is 16.0 Å². The van der Waals surface area contributed by atoms with Gasteiger partial charge in [-0.2, -0.15) is 0 Å². The van der Waals surface area contributed by atoms with Crippen molar-refractivity contribution in [3.8, 4) is 0 Å². The quantitative estimate of drug-likeness (QED) is 0.480. The number of carbonyl (C=O) groups is 1. The fourth-order valence-corrected chi connectivity index (χ4v) is 3.41. The van der Waals surface area contributed by atoms with Crippen molar-refractivity contribution < 1.29 is 18.9 Å². The van der Waals surface area contributed by atoms with Gasteiger partial charge >= 0.3 is 0 Å². The SMILES string of the molecule is O=C1C2=C(NC3NC=CN13)N([C@H]1CC[C@@H](COPO)O1)CN2. The van der Waals surface area contributed by atoms with Gasteiger partial charge in [-0.05, 0) is 12.8 Å². The van der Waals surface area contributed by atoms with Crippen LogP contribution < -0.4 is 16.0 Å². The molecule has 1 amide bonds. The Morgan fingerprint density at radius 2 is 2.41 bits per heavy atom. The van der Waals surface area contributed by atoms with Crippen molar-refractivity contribution in [2.24, 2.45) is 0 Å². The first kappa shape index (κ1) is 14.1. The lowest BCUT2D eigenvalue weighted by molar-refractivity contribution is -0.128. The van der Waals surface area contributed by atoms with Crippen LogP contribution in [-0.4, -0.2) is 52.5 Å². The standard InChI is InChI=1S/C12H18N5O4P/c18-11-9-10(15-12-13-3-4-16(11)12)17(6-14-9)8-2-1-7(21-8)5-20-22-19/h3-4,7-8,12-15,19,22H,1-2,5-6H2/t7-,8+,12?/m0/s1. The van der Waals surface area contributed by atoms with Crippen LogP contribution in [0.1, 0.15) is 12.8 Å². The number of rotatable bonds is 4. The highest BCUT2D eigenvalue weighted by Gasteiger charge is 2.43. The summed E-state index contributed by atoms with van der Waals surface area (Å²) in [6.45, 7) is 0.931. The van der Waals surface area contributed by atoms with Gasteiger partial charge in [0.1, 0.15) is 17.7 Å². The van der Waals surface area contributed by atoms with Crippen molar-refractivity contribution in [2.45, 2.75) is 31.5 Å². The van der Waals surface area contributed by atoms with Crippen LogP contribution in [-0.2, 0) is 14.1 Å². The number of amides is 1. The van der Waals surface area contributed by atoms with Gasteiger partial charge in [0.2, 0.25) is 0 Å². The molecule has 0 aromatic carbocycles. The summed E-state index contributed by atoms with van der Waals surface area (Å²) in [4.78, 5) is 24.8. The summed E-state index contributed by atoms with van der Waals surface area (Å²) in [6, 6.07) is 0. The van der Waals surface area contributed by atoms with Crippen LogP contribution in [0.3, 0.4) is 0 Å². The molecule has 9 nitrogen and oxygen atoms in total. The molecule has 4 heterocycles. The monoisotopic (exact) mass is 327 g/mol. The van der Waals surface area contributed by atoms with E-state index in [9.17, 15) is 4.79 Å². The molecule has 120 valence electrons. The Morgan fingerprint density at radius 1 is 1.50 bits per heavy atom. The van der Waals surface area contributed by atoms with E-state index in [0.29, 0.717) is 19.0 Å². The minimum Gasteiger partial charge on any atom is -0.360 e. The maximum absolute atomic E-state index is 12.4. The van der Waals surface area contributed by atoms with Crippen LogP contribution in [0.2, 0.25) is 0 Å². The molecule has 10 heteroatoms. The van der Waals surface area contributed by atoms with Crippen molar-refractivity contribution in [1.29, 1.82) is 0 Å². The first-order valence-electron chi connectivity index (χ1n) is 7.21. The van der Waals surface area contributed by atoms with Gasteiger partial charge < -0.3 is 35.0 Å². The molecule has 0 spiro atoms. The number of carbonyl (C=O) groups excluding carboxylic acids is 1. The Labute approximate surface area is 129 Å². The third-order valence-corrected chi connectivity index (χ3v) is 4.50. The first-order valence-corrected chi connectivity index (χ1v) is 8.06. The Balaban J connectivity index is 1.46. The molecule has 0 saturated carbocycles. The van der Waals surface area contributed by atoms with Gasteiger partial charge in [0, 0.05) is 12.4 Å². The van der Waals surface area contributed by atoms with Crippen molar-refractivity contribution in [1.82, 2.24) is 25.8 Å². The molecule has 0 aliphatic carbocycles. The normalized spacial score (nSPS) is 33.3. The molecule has 1 fully saturated rings. The Kier molecular flexibility index (Phi) is 3.57. The average molecular weight is 327 g/mol. The molecule has 0 aromatic heterocycles. The van der Waals surface area contributed by atoms with Crippen LogP contribution >= 0.6 is 9.03 Å². The summed E-state index contributed by atoms with van der Waals surface area (Å²) in [5, 5.41) is 9.55. The van der Waals surface area contributed by atoms with Crippen LogP contribution in [0, 0.1) is 0 Å². The maximum atomic E-state index is 12.4. The van der Waals surface area contributed by atoms with Gasteiger partial charge in [0.25, 0.3) is 5.91 Å². The van der Waals surface area contributed by atoms with Crippen LogP contribution in [0.4, 0.5) is 0 Å². The molecule has 1 saturated heterocycles. The highest BCUT2D eigenvalue weighted by Crippen LogP contribution is 2.31. The Morgan fingerprint density at radius 3 is 3.27 bits per heavy atom. The van der Waals surface area contributed by atoms with E-state index in [0.717, 1.165) is 18.7 Å². The summed E-state index contributed by atoms with van der Waals surface area (Å²) >= 11 is 0. The molecule has 0 radical (unpaired) electrons. The van der Waals surface area contributed by atoms with Gasteiger partial charge in [-0.25, -0.2) is 0 Å². The zero-order valence-electron chi connectivity index (χ0n) is 11.8. The lowest BCUT2D eigenvalue weighted by Crippen LogP contribution is -2.56. The molecule has 4 aliphatic rings. The zero-order valence-corrected chi connectivity index (χ0v) is 12.8. The number of nitrogens with one attached hydrogen (secondary N) is 3. The van der Waals surface area contributed by atoms with Crippen molar-refractivity contribution >= 4 is 14.9 Å². The summed E-state index contributed by atoms with van der Waals surface area (Å²) in [7, 11) is -0.512. The minimum atomic E-state index is -0.512. The topological polar surface area (TPSA) is 98.3 Å². The summed E-state index contributed by atoms with van der Waals surface area (Å²) in [5.74, 6) is 0.722. The van der Waals surface area contributed by atoms with Gasteiger partial charge in [-0.1, -0.05) is 0 Å². The number of ether oxygens (including phenoxy) is 1. The largest absolute Gasteiger partial charge is 0.360 e. The molecule has 0 aromatic rings. The maximum Gasteiger partial charge on any atom is 0.280 e. The van der Waals surface area contributed by atoms with E-state index in [-0.39, 0.29) is 24.5 Å². The molecular formula is C12H18N5O4P. The summed E-state index contributed by atoms with van der Waals surface area (Å²) in [5.41, 5.74) is 0.574. The van der Waals surface area contributed by atoms with Gasteiger partial charge in [-0.3, -0.25) is 9.69 Å². The van der Waals surface area contributed by atoms with Crippen molar-refractivity contribution in [3.05, 3.63) is 23.9 Å². The Hall–Kier alpha value is -1.54. The molecule has 4 rings (SSSR count). The second kappa shape index (κ2) is 5.58. The van der Waals surface area contributed by atoms with E-state index < -0.39 is 9.03 Å². The molecule has 0 bridgehead atoms. The predicted octanol–water partition coefficient (Wildman–Crippen LogP) is -1.17. The third kappa shape index (κ3) is 2.21. The van der Waals surface area contributed by atoms with Crippen LogP contribution in [0.15, 0.2) is 23.9 Å². The van der Waals surface area contributed by atoms with E-state index >= 15 is 0 Å². The second-order valence-electron chi connectivity index (χ2n) is 5.46. The molecule has 4 N–H and O–H groups in total. The molecule has 22 heavy (non-hydrogen) atoms. The zero-order chi connectivity index (χ0) is 15.1. The average Bonchev–Trinajstić information content (AvgIpc) is 3.24. The van der Waals surface area contributed by atoms with Gasteiger partial charge in [0.15, 0.2) is 15.3 Å². The number of fused-ring (bicyclic) bond motifs is 1. The fourth-order valence-electron chi connectivity index (χ4n) is 3.15. The fraction of sp³-hybridized carbons (Fsp3) is 0.583. The number of hydrogen-bond acceptors (Lipinski definition) is 8. The molecule has 4 aliphatic heterocycles. The van der Waals surface area contributed by atoms with Gasteiger partial charge in [0.05, 0.1) is 19.4 Å². The van der Waals surface area contributed by atoms with Crippen LogP contribution in [0.5, 0.6) is 0 Å². The minimum absolute atomic E-state index is 0.0173.